The first kappa shape index (κ1) is 7.49. The molecule has 5 heteroatoms. The van der Waals surface area contributed by atoms with Gasteiger partial charge in [-0.1, -0.05) is 5.10 Å². The first-order valence-corrected chi connectivity index (χ1v) is 5.07. The lowest BCUT2D eigenvalue weighted by atomic mass is 10.5. The van der Waals surface area contributed by atoms with Gasteiger partial charge in [-0.2, -0.15) is 0 Å². The smallest absolute Gasteiger partial charge is 0.294 e. The second-order valence-electron chi connectivity index (χ2n) is 2.58. The van der Waals surface area contributed by atoms with Crippen LogP contribution < -0.4 is 4.74 Å². The van der Waals surface area contributed by atoms with Gasteiger partial charge < -0.3 is 4.74 Å². The Morgan fingerprint density at radius 2 is 2.36 bits per heavy atom. The number of hydrogen-bond donors (Lipinski definition) is 0. The number of ether oxygens (including phenoxy) is 1. The molecule has 1 fully saturated rings. The molecule has 0 amide bonds. The quantitative estimate of drug-likeness (QED) is 0.804. The standard InChI is InChI=1S/C6H7BrN2OS/c7-5-8-9-6(11-5)10-3-4-1-2-4/h4H,1-3H2. The van der Waals surface area contributed by atoms with Gasteiger partial charge >= 0.3 is 0 Å². The summed E-state index contributed by atoms with van der Waals surface area (Å²) in [5.74, 6) is 0.776. The molecule has 1 aromatic rings. The number of hydrogen-bond acceptors (Lipinski definition) is 4. The zero-order valence-corrected chi connectivity index (χ0v) is 8.19. The second-order valence-corrected chi connectivity index (χ2v) is 4.79. The molecule has 0 saturated heterocycles. The van der Waals surface area contributed by atoms with E-state index in [1.807, 2.05) is 0 Å². The van der Waals surface area contributed by atoms with Crippen molar-refractivity contribution in [2.75, 3.05) is 6.61 Å². The van der Waals surface area contributed by atoms with Crippen molar-refractivity contribution in [2.24, 2.45) is 5.92 Å². The van der Waals surface area contributed by atoms with Crippen molar-refractivity contribution in [3.63, 3.8) is 0 Å². The van der Waals surface area contributed by atoms with Gasteiger partial charge in [-0.05, 0) is 46.0 Å². The van der Waals surface area contributed by atoms with Gasteiger partial charge in [-0.25, -0.2) is 0 Å². The Hall–Kier alpha value is -0.160. The van der Waals surface area contributed by atoms with Gasteiger partial charge in [0, 0.05) is 0 Å². The van der Waals surface area contributed by atoms with Crippen LogP contribution in [0.15, 0.2) is 3.92 Å². The van der Waals surface area contributed by atoms with E-state index in [1.54, 1.807) is 0 Å². The van der Waals surface area contributed by atoms with E-state index < -0.39 is 0 Å². The highest BCUT2D eigenvalue weighted by atomic mass is 79.9. The van der Waals surface area contributed by atoms with Crippen LogP contribution in [0.1, 0.15) is 12.8 Å². The molecular weight excluding hydrogens is 228 g/mol. The van der Waals surface area contributed by atoms with Crippen LogP contribution in [0.2, 0.25) is 0 Å². The lowest BCUT2D eigenvalue weighted by Gasteiger charge is -1.96. The minimum absolute atomic E-state index is 0.670. The van der Waals surface area contributed by atoms with Crippen molar-refractivity contribution in [3.8, 4) is 5.19 Å². The third-order valence-corrected chi connectivity index (χ3v) is 2.79. The van der Waals surface area contributed by atoms with Gasteiger partial charge in [0.1, 0.15) is 0 Å². The third kappa shape index (κ3) is 2.13. The Morgan fingerprint density at radius 1 is 1.55 bits per heavy atom. The van der Waals surface area contributed by atoms with Crippen LogP contribution in [0.5, 0.6) is 5.19 Å². The van der Waals surface area contributed by atoms with Crippen LogP contribution in [0.4, 0.5) is 0 Å². The predicted molar refractivity (Wildman–Crippen MR) is 45.8 cm³/mol. The van der Waals surface area contributed by atoms with E-state index in [0.29, 0.717) is 5.19 Å². The minimum atomic E-state index is 0.670. The Labute approximate surface area is 76.9 Å². The summed E-state index contributed by atoms with van der Waals surface area (Å²) in [7, 11) is 0. The van der Waals surface area contributed by atoms with Crippen LogP contribution in [-0.2, 0) is 0 Å². The van der Waals surface area contributed by atoms with Gasteiger partial charge in [0.25, 0.3) is 5.19 Å². The fourth-order valence-corrected chi connectivity index (χ4v) is 1.65. The largest absolute Gasteiger partial charge is 0.469 e. The zero-order valence-electron chi connectivity index (χ0n) is 5.79. The fraction of sp³-hybridized carbons (Fsp3) is 0.667. The molecule has 1 aromatic heterocycles. The van der Waals surface area contributed by atoms with Crippen LogP contribution in [-0.4, -0.2) is 16.8 Å². The van der Waals surface area contributed by atoms with Crippen molar-refractivity contribution >= 4 is 27.3 Å². The molecule has 0 aliphatic heterocycles. The zero-order chi connectivity index (χ0) is 7.68. The molecule has 3 nitrogen and oxygen atoms in total. The summed E-state index contributed by atoms with van der Waals surface area (Å²) < 4.78 is 6.15. The Balaban J connectivity index is 1.85. The van der Waals surface area contributed by atoms with E-state index in [0.717, 1.165) is 16.4 Å². The summed E-state index contributed by atoms with van der Waals surface area (Å²) in [5.41, 5.74) is 0. The summed E-state index contributed by atoms with van der Waals surface area (Å²) >= 11 is 4.65. The molecule has 0 N–H and O–H groups in total. The van der Waals surface area contributed by atoms with E-state index in [2.05, 4.69) is 26.1 Å². The topological polar surface area (TPSA) is 35.0 Å². The average molecular weight is 235 g/mol. The van der Waals surface area contributed by atoms with Gasteiger partial charge in [-0.3, -0.25) is 0 Å². The lowest BCUT2D eigenvalue weighted by Crippen LogP contribution is -1.97. The Bertz CT molecular complexity index is 248. The van der Waals surface area contributed by atoms with Gasteiger partial charge in [0.05, 0.1) is 6.61 Å². The minimum Gasteiger partial charge on any atom is -0.469 e. The maximum atomic E-state index is 5.37. The summed E-state index contributed by atoms with van der Waals surface area (Å²) in [6.45, 7) is 0.807. The third-order valence-electron chi connectivity index (χ3n) is 1.52. The monoisotopic (exact) mass is 234 g/mol. The Kier molecular flexibility index (Phi) is 2.09. The number of aromatic nitrogens is 2. The first-order valence-electron chi connectivity index (χ1n) is 3.46. The van der Waals surface area contributed by atoms with E-state index in [4.69, 9.17) is 4.74 Å². The highest BCUT2D eigenvalue weighted by Gasteiger charge is 2.22. The highest BCUT2D eigenvalue weighted by molar-refractivity contribution is 9.11. The molecule has 0 aromatic carbocycles. The molecular formula is C6H7BrN2OS. The maximum Gasteiger partial charge on any atom is 0.294 e. The lowest BCUT2D eigenvalue weighted by molar-refractivity contribution is 0.296. The van der Waals surface area contributed by atoms with E-state index in [-0.39, 0.29) is 0 Å². The van der Waals surface area contributed by atoms with Crippen molar-refractivity contribution in [1.29, 1.82) is 0 Å². The Morgan fingerprint density at radius 3 is 2.91 bits per heavy atom. The van der Waals surface area contributed by atoms with Crippen LogP contribution in [0.25, 0.3) is 0 Å². The normalized spacial score (nSPS) is 16.8. The number of halogens is 1. The molecule has 1 aliphatic rings. The summed E-state index contributed by atoms with van der Waals surface area (Å²) in [6, 6.07) is 0. The molecule has 1 heterocycles. The molecule has 0 bridgehead atoms. The van der Waals surface area contributed by atoms with Gasteiger partial charge in [0.2, 0.25) is 0 Å². The van der Waals surface area contributed by atoms with E-state index >= 15 is 0 Å². The molecule has 0 unspecified atom stereocenters. The molecule has 0 radical (unpaired) electrons. The maximum absolute atomic E-state index is 5.37. The van der Waals surface area contributed by atoms with Gasteiger partial charge in [-0.15, -0.1) is 5.10 Å². The fourth-order valence-electron chi connectivity index (χ4n) is 0.725. The molecule has 60 valence electrons. The van der Waals surface area contributed by atoms with E-state index in [9.17, 15) is 0 Å². The molecule has 0 atom stereocenters. The van der Waals surface area contributed by atoms with Crippen LogP contribution in [0.3, 0.4) is 0 Å². The predicted octanol–water partition coefficient (Wildman–Crippen LogP) is 2.09. The number of nitrogens with zero attached hydrogens (tertiary/aromatic N) is 2. The SMILES string of the molecule is Brc1nnc(OCC2CC2)s1. The summed E-state index contributed by atoms with van der Waals surface area (Å²) in [4.78, 5) is 0. The van der Waals surface area contributed by atoms with E-state index in [1.165, 1.54) is 24.2 Å². The molecule has 11 heavy (non-hydrogen) atoms. The summed E-state index contributed by atoms with van der Waals surface area (Å²) in [6.07, 6.45) is 2.61. The number of rotatable bonds is 3. The van der Waals surface area contributed by atoms with Crippen molar-refractivity contribution < 1.29 is 4.74 Å². The molecule has 1 saturated carbocycles. The molecule has 1 aliphatic carbocycles. The van der Waals surface area contributed by atoms with Crippen molar-refractivity contribution in [1.82, 2.24) is 10.2 Å². The average Bonchev–Trinajstić information content (AvgIpc) is 2.72. The summed E-state index contributed by atoms with van der Waals surface area (Å²) in [5, 5.41) is 8.26. The van der Waals surface area contributed by atoms with Crippen LogP contribution >= 0.6 is 27.3 Å². The van der Waals surface area contributed by atoms with Crippen molar-refractivity contribution in [2.45, 2.75) is 12.8 Å². The second kappa shape index (κ2) is 3.06. The van der Waals surface area contributed by atoms with Crippen LogP contribution in [0, 0.1) is 5.92 Å². The molecule has 2 rings (SSSR count). The molecule has 0 spiro atoms. The van der Waals surface area contributed by atoms with Crippen molar-refractivity contribution in [3.05, 3.63) is 3.92 Å². The van der Waals surface area contributed by atoms with Gasteiger partial charge in [0.15, 0.2) is 3.92 Å². The first-order chi connectivity index (χ1) is 5.34. The highest BCUT2D eigenvalue weighted by Crippen LogP contribution is 2.30.